The first-order valence-electron chi connectivity index (χ1n) is 5.53. The van der Waals surface area contributed by atoms with Gasteiger partial charge in [0.2, 0.25) is 0 Å². The van der Waals surface area contributed by atoms with E-state index < -0.39 is 11.7 Å². The fraction of sp³-hybridized carbons (Fsp3) is 0.545. The van der Waals surface area contributed by atoms with Gasteiger partial charge in [0.15, 0.2) is 0 Å². The minimum absolute atomic E-state index is 0.00736. The maximum Gasteiger partial charge on any atom is 0.419 e. The Hall–Kier alpha value is -1.30. The molecule has 1 fully saturated rings. The van der Waals surface area contributed by atoms with Crippen molar-refractivity contribution in [2.45, 2.75) is 25.1 Å². The number of nitrogens with zero attached hydrogens (tertiary/aromatic N) is 2. The van der Waals surface area contributed by atoms with Crippen LogP contribution in [0.15, 0.2) is 18.3 Å². The lowest BCUT2D eigenvalue weighted by atomic mass is 10.2. The van der Waals surface area contributed by atoms with E-state index in [-0.39, 0.29) is 11.9 Å². The number of pyridine rings is 1. The highest BCUT2D eigenvalue weighted by atomic mass is 19.4. The molecular weight excluding hydrogens is 231 g/mol. The average Bonchev–Trinajstić information content (AvgIpc) is 3.08. The molecule has 1 aliphatic carbocycles. The molecule has 1 aliphatic rings. The van der Waals surface area contributed by atoms with E-state index in [0.717, 1.165) is 18.9 Å². The smallest absolute Gasteiger partial charge is 0.352 e. The van der Waals surface area contributed by atoms with Gasteiger partial charge in [-0.05, 0) is 25.0 Å². The van der Waals surface area contributed by atoms with E-state index in [1.54, 1.807) is 4.90 Å². The molecule has 2 rings (SSSR count). The summed E-state index contributed by atoms with van der Waals surface area (Å²) >= 11 is 0. The molecule has 1 saturated carbocycles. The fourth-order valence-corrected chi connectivity index (χ4v) is 1.83. The van der Waals surface area contributed by atoms with Gasteiger partial charge in [0.25, 0.3) is 0 Å². The maximum atomic E-state index is 12.8. The third-order valence-electron chi connectivity index (χ3n) is 2.72. The predicted molar refractivity (Wildman–Crippen MR) is 58.7 cm³/mol. The molecule has 0 aliphatic heterocycles. The maximum absolute atomic E-state index is 12.8. The van der Waals surface area contributed by atoms with Crippen molar-refractivity contribution >= 4 is 5.82 Å². The van der Waals surface area contributed by atoms with Gasteiger partial charge in [-0.25, -0.2) is 4.98 Å². The van der Waals surface area contributed by atoms with Gasteiger partial charge in [0, 0.05) is 25.3 Å². The fourth-order valence-electron chi connectivity index (χ4n) is 1.83. The Balaban J connectivity index is 2.35. The van der Waals surface area contributed by atoms with Crippen molar-refractivity contribution in [3.63, 3.8) is 0 Å². The number of alkyl halides is 3. The molecule has 1 aromatic heterocycles. The second kappa shape index (κ2) is 4.52. The molecule has 2 N–H and O–H groups in total. The zero-order valence-electron chi connectivity index (χ0n) is 9.24. The Morgan fingerprint density at radius 1 is 1.41 bits per heavy atom. The quantitative estimate of drug-likeness (QED) is 0.882. The number of halogens is 3. The minimum Gasteiger partial charge on any atom is -0.352 e. The van der Waals surface area contributed by atoms with Gasteiger partial charge in [0.1, 0.15) is 5.82 Å². The monoisotopic (exact) mass is 245 g/mol. The van der Waals surface area contributed by atoms with Gasteiger partial charge in [0.05, 0.1) is 5.56 Å². The SMILES string of the molecule is NCCN(c1ncccc1C(F)(F)F)C1CC1. The zero-order valence-corrected chi connectivity index (χ0v) is 9.24. The number of anilines is 1. The van der Waals surface area contributed by atoms with Crippen LogP contribution in [0.1, 0.15) is 18.4 Å². The van der Waals surface area contributed by atoms with Gasteiger partial charge in [-0.1, -0.05) is 0 Å². The molecule has 94 valence electrons. The lowest BCUT2D eigenvalue weighted by Gasteiger charge is -2.25. The zero-order chi connectivity index (χ0) is 12.5. The van der Waals surface area contributed by atoms with Crippen LogP contribution in [0, 0.1) is 0 Å². The summed E-state index contributed by atoms with van der Waals surface area (Å²) in [6.45, 7) is 0.731. The molecule has 3 nitrogen and oxygen atoms in total. The van der Waals surface area contributed by atoms with E-state index in [1.165, 1.54) is 12.3 Å². The van der Waals surface area contributed by atoms with Crippen LogP contribution in [-0.4, -0.2) is 24.1 Å². The van der Waals surface area contributed by atoms with Crippen molar-refractivity contribution in [1.29, 1.82) is 0 Å². The van der Waals surface area contributed by atoms with Crippen LogP contribution in [0.2, 0.25) is 0 Å². The summed E-state index contributed by atoms with van der Waals surface area (Å²) in [7, 11) is 0. The third kappa shape index (κ3) is 2.69. The Morgan fingerprint density at radius 3 is 2.65 bits per heavy atom. The van der Waals surface area contributed by atoms with Crippen LogP contribution in [0.25, 0.3) is 0 Å². The van der Waals surface area contributed by atoms with Gasteiger partial charge in [-0.2, -0.15) is 13.2 Å². The lowest BCUT2D eigenvalue weighted by Crippen LogP contribution is -2.33. The summed E-state index contributed by atoms with van der Waals surface area (Å²) < 4.78 is 38.5. The normalized spacial score (nSPS) is 16.0. The molecule has 0 aromatic carbocycles. The van der Waals surface area contributed by atoms with Crippen LogP contribution in [-0.2, 0) is 6.18 Å². The third-order valence-corrected chi connectivity index (χ3v) is 2.72. The largest absolute Gasteiger partial charge is 0.419 e. The minimum atomic E-state index is -4.37. The second-order valence-electron chi connectivity index (χ2n) is 4.09. The van der Waals surface area contributed by atoms with Crippen molar-refractivity contribution < 1.29 is 13.2 Å². The molecular formula is C11H14F3N3. The van der Waals surface area contributed by atoms with Crippen molar-refractivity contribution in [3.05, 3.63) is 23.9 Å². The second-order valence-corrected chi connectivity index (χ2v) is 4.09. The molecule has 1 aromatic rings. The highest BCUT2D eigenvalue weighted by Gasteiger charge is 2.38. The number of hydrogen-bond donors (Lipinski definition) is 1. The van der Waals surface area contributed by atoms with Crippen LogP contribution in [0.4, 0.5) is 19.0 Å². The van der Waals surface area contributed by atoms with E-state index in [0.29, 0.717) is 13.1 Å². The molecule has 0 amide bonds. The number of nitrogens with two attached hydrogens (primary N) is 1. The van der Waals surface area contributed by atoms with Gasteiger partial charge in [-0.3, -0.25) is 0 Å². The summed E-state index contributed by atoms with van der Waals surface area (Å²) in [5, 5.41) is 0. The Kier molecular flexibility index (Phi) is 3.24. The Morgan fingerprint density at radius 2 is 2.12 bits per heavy atom. The summed E-state index contributed by atoms with van der Waals surface area (Å²) in [6.07, 6.45) is -1.16. The molecule has 0 unspecified atom stereocenters. The summed E-state index contributed by atoms with van der Waals surface area (Å²) in [4.78, 5) is 5.55. The van der Waals surface area contributed by atoms with Crippen LogP contribution in [0.3, 0.4) is 0 Å². The summed E-state index contributed by atoms with van der Waals surface area (Å²) in [5.74, 6) is 0.00736. The first-order chi connectivity index (χ1) is 8.04. The van der Waals surface area contributed by atoms with Gasteiger partial charge >= 0.3 is 6.18 Å². The Labute approximate surface area is 97.4 Å². The van der Waals surface area contributed by atoms with Gasteiger partial charge in [-0.15, -0.1) is 0 Å². The highest BCUT2D eigenvalue weighted by molar-refractivity contribution is 5.50. The van der Waals surface area contributed by atoms with E-state index >= 15 is 0 Å². The molecule has 0 radical (unpaired) electrons. The molecule has 0 spiro atoms. The average molecular weight is 245 g/mol. The van der Waals surface area contributed by atoms with Crippen LogP contribution in [0.5, 0.6) is 0 Å². The number of hydrogen-bond acceptors (Lipinski definition) is 3. The predicted octanol–water partition coefficient (Wildman–Crippen LogP) is 2.03. The molecule has 6 heteroatoms. The first-order valence-corrected chi connectivity index (χ1v) is 5.53. The van der Waals surface area contributed by atoms with Crippen molar-refractivity contribution in [3.8, 4) is 0 Å². The van der Waals surface area contributed by atoms with E-state index in [1.807, 2.05) is 0 Å². The first kappa shape index (κ1) is 12.2. The number of rotatable bonds is 4. The van der Waals surface area contributed by atoms with Crippen molar-refractivity contribution in [1.82, 2.24) is 4.98 Å². The van der Waals surface area contributed by atoms with E-state index in [2.05, 4.69) is 4.98 Å². The van der Waals surface area contributed by atoms with Gasteiger partial charge < -0.3 is 10.6 Å². The van der Waals surface area contributed by atoms with E-state index in [9.17, 15) is 13.2 Å². The van der Waals surface area contributed by atoms with E-state index in [4.69, 9.17) is 5.73 Å². The standard InChI is InChI=1S/C11H14F3N3/c12-11(13,14)9-2-1-6-16-10(9)17(7-5-15)8-3-4-8/h1-2,6,8H,3-5,7,15H2. The summed E-state index contributed by atoms with van der Waals surface area (Å²) in [5.41, 5.74) is 4.76. The molecule has 17 heavy (non-hydrogen) atoms. The summed E-state index contributed by atoms with van der Waals surface area (Å²) in [6, 6.07) is 2.53. The number of aromatic nitrogens is 1. The highest BCUT2D eigenvalue weighted by Crippen LogP contribution is 2.38. The topological polar surface area (TPSA) is 42.1 Å². The lowest BCUT2D eigenvalue weighted by molar-refractivity contribution is -0.137. The van der Waals surface area contributed by atoms with Crippen LogP contribution >= 0.6 is 0 Å². The van der Waals surface area contributed by atoms with Crippen molar-refractivity contribution in [2.75, 3.05) is 18.0 Å². The molecule has 0 saturated heterocycles. The molecule has 0 bridgehead atoms. The van der Waals surface area contributed by atoms with Crippen molar-refractivity contribution in [2.24, 2.45) is 5.73 Å². The Bertz CT molecular complexity index is 388. The van der Waals surface area contributed by atoms with Crippen LogP contribution < -0.4 is 10.6 Å². The molecule has 0 atom stereocenters. The molecule has 1 heterocycles.